The van der Waals surface area contributed by atoms with Crippen LogP contribution in [0.4, 0.5) is 5.82 Å². The van der Waals surface area contributed by atoms with Gasteiger partial charge in [-0.3, -0.25) is 5.43 Å². The van der Waals surface area contributed by atoms with Crippen molar-refractivity contribution in [3.8, 4) is 0 Å². The number of nitrogens with zero attached hydrogens (tertiary/aromatic N) is 3. The van der Waals surface area contributed by atoms with Crippen LogP contribution in [0.15, 0.2) is 65.9 Å². The second-order valence-corrected chi connectivity index (χ2v) is 6.16. The number of hydrogen-bond donors (Lipinski definition) is 1. The summed E-state index contributed by atoms with van der Waals surface area (Å²) in [6.07, 6.45) is 7.04. The summed E-state index contributed by atoms with van der Waals surface area (Å²) in [6, 6.07) is 18.7. The number of benzene rings is 2. The first-order valence-electron chi connectivity index (χ1n) is 8.92. The molecule has 3 rings (SSSR count). The number of hydrazone groups is 1. The summed E-state index contributed by atoms with van der Waals surface area (Å²) in [5.74, 6) is 0.717. The third kappa shape index (κ3) is 4.86. The van der Waals surface area contributed by atoms with Crippen LogP contribution in [-0.2, 0) is 6.42 Å². The van der Waals surface area contributed by atoms with Crippen molar-refractivity contribution in [1.82, 2.24) is 10.2 Å². The Morgan fingerprint density at radius 1 is 1.00 bits per heavy atom. The number of aromatic nitrogens is 2. The first-order valence-corrected chi connectivity index (χ1v) is 8.92. The molecule has 1 heterocycles. The van der Waals surface area contributed by atoms with Crippen LogP contribution in [0.25, 0.3) is 10.8 Å². The number of anilines is 1. The molecule has 3 aromatic rings. The molecule has 128 valence electrons. The summed E-state index contributed by atoms with van der Waals surface area (Å²) < 4.78 is 0. The van der Waals surface area contributed by atoms with E-state index in [1.165, 1.54) is 11.3 Å². The van der Waals surface area contributed by atoms with Crippen LogP contribution in [0, 0.1) is 0 Å². The van der Waals surface area contributed by atoms with E-state index in [1.54, 1.807) is 6.20 Å². The second-order valence-electron chi connectivity index (χ2n) is 6.16. The largest absolute Gasteiger partial charge is 0.259 e. The van der Waals surface area contributed by atoms with Gasteiger partial charge in [0.15, 0.2) is 5.82 Å². The minimum Gasteiger partial charge on any atom is -0.259 e. The lowest BCUT2D eigenvalue weighted by atomic mass is 10.0. The fraction of sp³-hybridized carbons (Fsp3) is 0.286. The zero-order valence-corrected chi connectivity index (χ0v) is 14.7. The molecule has 1 aromatic heterocycles. The zero-order valence-electron chi connectivity index (χ0n) is 14.7. The maximum atomic E-state index is 4.63. The van der Waals surface area contributed by atoms with Gasteiger partial charge in [-0.05, 0) is 31.2 Å². The van der Waals surface area contributed by atoms with Gasteiger partial charge in [0.05, 0.1) is 6.20 Å². The maximum Gasteiger partial charge on any atom is 0.176 e. The number of fused-ring (bicyclic) bond motifs is 1. The summed E-state index contributed by atoms with van der Waals surface area (Å²) in [7, 11) is 0. The van der Waals surface area contributed by atoms with Crippen LogP contribution in [0.2, 0.25) is 0 Å². The van der Waals surface area contributed by atoms with Gasteiger partial charge in [-0.15, -0.1) is 5.10 Å². The van der Waals surface area contributed by atoms with E-state index in [0.29, 0.717) is 0 Å². The molecule has 0 amide bonds. The Hall–Kier alpha value is -2.75. The fourth-order valence-electron chi connectivity index (χ4n) is 2.91. The van der Waals surface area contributed by atoms with Gasteiger partial charge in [0.25, 0.3) is 0 Å². The summed E-state index contributed by atoms with van der Waals surface area (Å²) >= 11 is 0. The number of aryl methyl sites for hydroxylation is 1. The fourth-order valence-corrected chi connectivity index (χ4v) is 2.91. The predicted octanol–water partition coefficient (Wildman–Crippen LogP) is 5.22. The van der Waals surface area contributed by atoms with E-state index < -0.39 is 0 Å². The van der Waals surface area contributed by atoms with E-state index in [2.05, 4.69) is 58.0 Å². The smallest absolute Gasteiger partial charge is 0.176 e. The minimum atomic E-state index is 0.717. The lowest BCUT2D eigenvalue weighted by Crippen LogP contribution is -2.05. The van der Waals surface area contributed by atoms with Crippen LogP contribution in [0.3, 0.4) is 0 Å². The highest BCUT2D eigenvalue weighted by Gasteiger charge is 2.04. The molecule has 0 aliphatic carbocycles. The van der Waals surface area contributed by atoms with Crippen molar-refractivity contribution in [1.29, 1.82) is 0 Å². The summed E-state index contributed by atoms with van der Waals surface area (Å²) in [4.78, 5) is 0. The SMILES string of the molecule is CCC/C(CCCc1ccccc1)=N\Nc1nncc2ccccc12. The molecule has 4 heteroatoms. The monoisotopic (exact) mass is 332 g/mol. The number of rotatable bonds is 8. The second kappa shape index (κ2) is 8.92. The van der Waals surface area contributed by atoms with E-state index >= 15 is 0 Å². The predicted molar refractivity (Wildman–Crippen MR) is 105 cm³/mol. The van der Waals surface area contributed by atoms with Gasteiger partial charge < -0.3 is 0 Å². The normalized spacial score (nSPS) is 11.6. The summed E-state index contributed by atoms with van der Waals surface area (Å²) in [5.41, 5.74) is 5.70. The van der Waals surface area contributed by atoms with Crippen molar-refractivity contribution in [3.63, 3.8) is 0 Å². The Bertz CT molecular complexity index is 822. The van der Waals surface area contributed by atoms with Crippen LogP contribution < -0.4 is 5.43 Å². The highest BCUT2D eigenvalue weighted by molar-refractivity contribution is 5.92. The Balaban J connectivity index is 1.65. The lowest BCUT2D eigenvalue weighted by molar-refractivity contribution is 0.836. The Morgan fingerprint density at radius 3 is 2.64 bits per heavy atom. The third-order valence-corrected chi connectivity index (χ3v) is 4.20. The maximum absolute atomic E-state index is 4.63. The Morgan fingerprint density at radius 2 is 1.80 bits per heavy atom. The molecule has 0 unspecified atom stereocenters. The quantitative estimate of drug-likeness (QED) is 0.454. The summed E-state index contributed by atoms with van der Waals surface area (Å²) in [6.45, 7) is 2.18. The van der Waals surface area contributed by atoms with Gasteiger partial charge in [-0.25, -0.2) is 0 Å². The molecule has 0 saturated heterocycles. The molecule has 0 saturated carbocycles. The van der Waals surface area contributed by atoms with Gasteiger partial charge in [0.2, 0.25) is 0 Å². The molecular formula is C21H24N4. The Kier molecular flexibility index (Phi) is 6.10. The molecule has 0 aliphatic rings. The molecule has 25 heavy (non-hydrogen) atoms. The molecule has 0 fully saturated rings. The van der Waals surface area contributed by atoms with Crippen LogP contribution in [-0.4, -0.2) is 15.9 Å². The van der Waals surface area contributed by atoms with Crippen molar-refractivity contribution in [2.45, 2.75) is 39.0 Å². The van der Waals surface area contributed by atoms with E-state index in [-0.39, 0.29) is 0 Å². The third-order valence-electron chi connectivity index (χ3n) is 4.20. The molecule has 0 spiro atoms. The van der Waals surface area contributed by atoms with Gasteiger partial charge >= 0.3 is 0 Å². The highest BCUT2D eigenvalue weighted by Crippen LogP contribution is 2.19. The van der Waals surface area contributed by atoms with Crippen molar-refractivity contribution in [3.05, 3.63) is 66.4 Å². The zero-order chi connectivity index (χ0) is 17.3. The first-order chi connectivity index (χ1) is 12.4. The van der Waals surface area contributed by atoms with E-state index in [0.717, 1.165) is 48.7 Å². The van der Waals surface area contributed by atoms with Gasteiger partial charge in [0.1, 0.15) is 0 Å². The van der Waals surface area contributed by atoms with Crippen LogP contribution in [0.5, 0.6) is 0 Å². The number of hydrogen-bond acceptors (Lipinski definition) is 4. The van der Waals surface area contributed by atoms with Gasteiger partial charge in [-0.2, -0.15) is 10.2 Å². The van der Waals surface area contributed by atoms with Crippen LogP contribution in [0.1, 0.15) is 38.2 Å². The Labute approximate surface area is 149 Å². The van der Waals surface area contributed by atoms with Gasteiger partial charge in [-0.1, -0.05) is 67.9 Å². The molecule has 1 N–H and O–H groups in total. The number of nitrogens with one attached hydrogen (secondary N) is 1. The standard InChI is InChI=1S/C21H24N4/c1-2-9-19(14-8-12-17-10-4-3-5-11-17)23-25-21-20-15-7-6-13-18(20)16-22-24-21/h3-7,10-11,13,15-16H,2,8-9,12,14H2,1H3,(H,24,25)/b23-19+. The highest BCUT2D eigenvalue weighted by atomic mass is 15.3. The van der Waals surface area contributed by atoms with E-state index in [4.69, 9.17) is 0 Å². The van der Waals surface area contributed by atoms with Crippen molar-refractivity contribution in [2.24, 2.45) is 5.10 Å². The topological polar surface area (TPSA) is 50.2 Å². The van der Waals surface area contributed by atoms with Crippen molar-refractivity contribution >= 4 is 22.3 Å². The first kappa shape index (κ1) is 17.1. The lowest BCUT2D eigenvalue weighted by Gasteiger charge is -2.08. The molecule has 0 radical (unpaired) electrons. The van der Waals surface area contributed by atoms with Crippen molar-refractivity contribution < 1.29 is 0 Å². The molecule has 0 bridgehead atoms. The van der Waals surface area contributed by atoms with Gasteiger partial charge in [0, 0.05) is 16.5 Å². The molecule has 0 atom stereocenters. The van der Waals surface area contributed by atoms with E-state index in [9.17, 15) is 0 Å². The van der Waals surface area contributed by atoms with Crippen LogP contribution >= 0.6 is 0 Å². The van der Waals surface area contributed by atoms with E-state index in [1.807, 2.05) is 24.3 Å². The molecule has 0 aliphatic heterocycles. The molecular weight excluding hydrogens is 308 g/mol. The average Bonchev–Trinajstić information content (AvgIpc) is 2.67. The molecule has 4 nitrogen and oxygen atoms in total. The minimum absolute atomic E-state index is 0.717. The average molecular weight is 332 g/mol. The summed E-state index contributed by atoms with van der Waals surface area (Å²) in [5, 5.41) is 15.0. The molecule has 2 aromatic carbocycles. The van der Waals surface area contributed by atoms with Crippen molar-refractivity contribution in [2.75, 3.05) is 5.43 Å².